The fourth-order valence-electron chi connectivity index (χ4n) is 5.86. The molecule has 5 aromatic heterocycles. The minimum Gasteiger partial charge on any atom is -0.410 e. The number of aryl methyl sites for hydroxylation is 4. The van der Waals surface area contributed by atoms with Crippen LogP contribution in [0.25, 0.3) is 55.2 Å². The van der Waals surface area contributed by atoms with E-state index < -0.39 is 9.85 Å². The molecule has 0 bridgehead atoms. The van der Waals surface area contributed by atoms with Gasteiger partial charge in [0.2, 0.25) is 0 Å². The zero-order valence-corrected chi connectivity index (χ0v) is 34.1. The van der Waals surface area contributed by atoms with Crippen molar-refractivity contribution in [2.75, 3.05) is 0 Å². The molecular weight excluding hydrogens is 827 g/mol. The largest absolute Gasteiger partial charge is 0.410 e. The van der Waals surface area contributed by atoms with Crippen LogP contribution in [0.5, 0.6) is 0 Å². The van der Waals surface area contributed by atoms with E-state index in [2.05, 4.69) is 65.4 Å². The zero-order chi connectivity index (χ0) is 45.7. The number of hydrogen-bond donors (Lipinski definition) is 5. The molecule has 10 rings (SSSR count). The van der Waals surface area contributed by atoms with Crippen molar-refractivity contribution >= 4 is 66.5 Å². The number of nitro benzene ring substituents is 2. The van der Waals surface area contributed by atoms with E-state index in [1.807, 2.05) is 62.4 Å². The Balaban J connectivity index is 0.000000132. The molecule has 0 aliphatic rings. The molecule has 0 saturated carbocycles. The van der Waals surface area contributed by atoms with Gasteiger partial charge in [0.1, 0.15) is 49.7 Å². The summed E-state index contributed by atoms with van der Waals surface area (Å²) < 4.78 is 0. The lowest BCUT2D eigenvalue weighted by atomic mass is 10.0. The average Bonchev–Trinajstić information content (AvgIpc) is 4.08. The molecule has 0 spiro atoms. The number of rotatable bonds is 3. The molecule has 0 atom stereocenters. The Hall–Kier alpha value is -9.10. The molecule has 26 heteroatoms. The molecule has 5 aromatic carbocycles. The zero-order valence-electron chi connectivity index (χ0n) is 34.1. The first-order chi connectivity index (χ1) is 29.9. The fourth-order valence-corrected chi connectivity index (χ4v) is 5.86. The highest BCUT2D eigenvalue weighted by atomic mass is 16.6. The summed E-state index contributed by atoms with van der Waals surface area (Å²) in [5.74, 6) is 0.466. The molecule has 5 N–H and O–H groups in total. The number of aromatic nitrogens is 15. The fraction of sp³-hybridized carbons (Fsp3) is 0.189. The molecule has 0 radical (unpaired) electrons. The molecule has 26 nitrogen and oxygen atoms in total. The maximum Gasteiger partial charge on any atom is 0.299 e. The maximum absolute atomic E-state index is 10.6. The maximum atomic E-state index is 10.6. The third-order valence-corrected chi connectivity index (χ3v) is 9.06. The lowest BCUT2D eigenvalue weighted by Crippen LogP contribution is -1.94. The number of nitrogens with zero attached hydrogens (tertiary/aromatic N) is 17. The monoisotopic (exact) mass is 863 g/mol. The Morgan fingerprint density at radius 2 is 0.952 bits per heavy atom. The van der Waals surface area contributed by atoms with Gasteiger partial charge >= 0.3 is 0 Å². The highest BCUT2D eigenvalue weighted by Crippen LogP contribution is 2.25. The van der Waals surface area contributed by atoms with Crippen LogP contribution in [0.1, 0.15) is 47.6 Å². The predicted molar refractivity (Wildman–Crippen MR) is 220 cm³/mol. The second-order valence-corrected chi connectivity index (χ2v) is 14.1. The minimum absolute atomic E-state index is 0.0862. The smallest absolute Gasteiger partial charge is 0.299 e. The third kappa shape index (κ3) is 9.69. The second-order valence-electron chi connectivity index (χ2n) is 14.1. The average molecular weight is 864 g/mol. The quantitative estimate of drug-likeness (QED) is 0.0829. The lowest BCUT2D eigenvalue weighted by Gasteiger charge is -2.03. The summed E-state index contributed by atoms with van der Waals surface area (Å²) in [5.41, 5.74) is 9.50. The van der Waals surface area contributed by atoms with Gasteiger partial charge in [-0.25, -0.2) is 0 Å². The van der Waals surface area contributed by atoms with E-state index in [1.54, 1.807) is 26.0 Å². The Kier molecular flexibility index (Phi) is 12.4. The highest BCUT2D eigenvalue weighted by molar-refractivity contribution is 5.84. The summed E-state index contributed by atoms with van der Waals surface area (Å²) in [6.45, 7) is 11.5. The van der Waals surface area contributed by atoms with Crippen molar-refractivity contribution < 1.29 is 35.9 Å². The van der Waals surface area contributed by atoms with E-state index in [4.69, 9.17) is 20.8 Å². The summed E-state index contributed by atoms with van der Waals surface area (Å²) in [6.07, 6.45) is 0. The van der Waals surface area contributed by atoms with Crippen LogP contribution in [0.15, 0.2) is 78.9 Å². The molecular formula is C37H37N17O9. The highest BCUT2D eigenvalue weighted by Gasteiger charge is 2.18. The number of hydrogen-bond acceptors (Lipinski definition) is 19. The molecule has 324 valence electrons. The summed E-state index contributed by atoms with van der Waals surface area (Å²) in [6, 6.07) is 22.4. The van der Waals surface area contributed by atoms with Crippen LogP contribution in [0, 0.1) is 47.9 Å². The van der Waals surface area contributed by atoms with E-state index in [0.717, 1.165) is 31.2 Å². The topological polar surface area (TPSA) is 341 Å². The first kappa shape index (κ1) is 43.5. The van der Waals surface area contributed by atoms with Crippen LogP contribution in [-0.2, 0) is 0 Å². The Labute approximate surface area is 352 Å². The van der Waals surface area contributed by atoms with Gasteiger partial charge in [-0.05, 0) is 130 Å². The van der Waals surface area contributed by atoms with Crippen molar-refractivity contribution in [2.45, 2.75) is 47.5 Å². The van der Waals surface area contributed by atoms with Crippen molar-refractivity contribution in [1.29, 1.82) is 0 Å². The van der Waals surface area contributed by atoms with Gasteiger partial charge in [-0.2, -0.15) is 0 Å². The van der Waals surface area contributed by atoms with Crippen molar-refractivity contribution in [3.8, 4) is 0 Å². The molecule has 0 amide bonds. The van der Waals surface area contributed by atoms with Crippen LogP contribution in [0.4, 0.5) is 11.4 Å². The minimum atomic E-state index is -0.552. The molecule has 0 unspecified atom stereocenters. The van der Waals surface area contributed by atoms with E-state index in [-0.39, 0.29) is 27.9 Å². The Morgan fingerprint density at radius 3 is 1.56 bits per heavy atom. The van der Waals surface area contributed by atoms with Gasteiger partial charge < -0.3 is 26.0 Å². The van der Waals surface area contributed by atoms with E-state index in [0.29, 0.717) is 59.8 Å². The molecule has 0 aliphatic heterocycles. The van der Waals surface area contributed by atoms with Crippen molar-refractivity contribution in [1.82, 2.24) is 75.8 Å². The Morgan fingerprint density at radius 1 is 0.476 bits per heavy atom. The molecule has 5 heterocycles. The van der Waals surface area contributed by atoms with Crippen LogP contribution in [-0.4, -0.2) is 112 Å². The van der Waals surface area contributed by atoms with Crippen molar-refractivity contribution in [3.05, 3.63) is 127 Å². The summed E-state index contributed by atoms with van der Waals surface area (Å²) in [4.78, 5) is 23.4. The van der Waals surface area contributed by atoms with Crippen LogP contribution >= 0.6 is 0 Å². The van der Waals surface area contributed by atoms with Gasteiger partial charge in [0.25, 0.3) is 11.4 Å². The van der Waals surface area contributed by atoms with E-state index in [1.165, 1.54) is 23.8 Å². The summed E-state index contributed by atoms with van der Waals surface area (Å²) in [7, 11) is 0. The molecule has 10 aromatic rings. The molecule has 0 fully saturated rings. The first-order valence-corrected chi connectivity index (χ1v) is 18.4. The normalized spacial score (nSPS) is 10.8. The van der Waals surface area contributed by atoms with Gasteiger partial charge in [0, 0.05) is 18.2 Å². The first-order valence-electron chi connectivity index (χ1n) is 18.4. The summed E-state index contributed by atoms with van der Waals surface area (Å²) in [5, 5.41) is 102. The number of nitro groups is 2. The van der Waals surface area contributed by atoms with E-state index in [9.17, 15) is 25.4 Å². The van der Waals surface area contributed by atoms with Gasteiger partial charge in [0.05, 0.1) is 9.85 Å². The van der Waals surface area contributed by atoms with Crippen molar-refractivity contribution in [3.63, 3.8) is 0 Å². The lowest BCUT2D eigenvalue weighted by molar-refractivity contribution is -0.384. The van der Waals surface area contributed by atoms with Gasteiger partial charge in [-0.3, -0.25) is 20.2 Å². The third-order valence-electron chi connectivity index (χ3n) is 9.06. The van der Waals surface area contributed by atoms with Crippen LogP contribution < -0.4 is 0 Å². The second kappa shape index (κ2) is 18.0. The SMILES string of the molecule is CC(C)c1ccc2c(c1)nnn2O.Cc1cc([N+](=O)[O-])c2nnn(O)c2c1.Cc1cc([N+](=O)[O-])cc2c1nnn2O.Cc1ccc2c(c1)nnn2O.Cc1ccc2nnn(O)c2c1. The predicted octanol–water partition coefficient (Wildman–Crippen LogP) is 5.52. The summed E-state index contributed by atoms with van der Waals surface area (Å²) >= 11 is 0. The van der Waals surface area contributed by atoms with E-state index >= 15 is 0 Å². The molecule has 0 saturated heterocycles. The standard InChI is InChI=1S/C9H11N3O.2C7H6N4O3.2C7H7N3O/c1-6(2)7-3-4-9-8(5-7)10-11-12(9)13;1-4-2-5(11(13)14)3-6-7(4)8-9-10(6)12;1-4-2-5-7(8-9-10(5)12)6(3-4)11(13)14;1-5-2-3-7-6(4-5)8-9-10(7)11;1-5-2-3-6-7(4-5)10(11)9-8-6/h3-6,13H,1-2H3;2*2-3,12H,1H3;2*2-4,11H,1H3. The van der Waals surface area contributed by atoms with Crippen molar-refractivity contribution in [2.24, 2.45) is 0 Å². The van der Waals surface area contributed by atoms with Crippen LogP contribution in [0.3, 0.4) is 0 Å². The number of non-ortho nitro benzene ring substituents is 2. The molecule has 63 heavy (non-hydrogen) atoms. The van der Waals surface area contributed by atoms with Gasteiger partial charge in [0.15, 0.2) is 5.52 Å². The number of benzene rings is 5. The van der Waals surface area contributed by atoms with Gasteiger partial charge in [-0.15, -0.1) is 25.5 Å². The molecule has 0 aliphatic carbocycles. The van der Waals surface area contributed by atoms with Gasteiger partial charge in [-0.1, -0.05) is 56.3 Å². The number of fused-ring (bicyclic) bond motifs is 5. The Bertz CT molecular complexity index is 3260. The van der Waals surface area contributed by atoms with Crippen LogP contribution in [0.2, 0.25) is 0 Å².